The summed E-state index contributed by atoms with van der Waals surface area (Å²) in [6.45, 7) is 7.15. The Bertz CT molecular complexity index is 1500. The summed E-state index contributed by atoms with van der Waals surface area (Å²) in [6.07, 6.45) is 2.62. The van der Waals surface area contributed by atoms with Crippen LogP contribution in [-0.2, 0) is 32.5 Å². The lowest BCUT2D eigenvalue weighted by Gasteiger charge is -2.19. The molecule has 2 aromatic heterocycles. The second kappa shape index (κ2) is 9.13. The Morgan fingerprint density at radius 2 is 1.51 bits per heavy atom. The van der Waals surface area contributed by atoms with Gasteiger partial charge in [0.1, 0.15) is 0 Å². The summed E-state index contributed by atoms with van der Waals surface area (Å²) in [5.41, 5.74) is 4.08. The number of benzene rings is 2. The van der Waals surface area contributed by atoms with E-state index in [2.05, 4.69) is 49.6 Å². The highest BCUT2D eigenvalue weighted by Gasteiger charge is 2.20. The quantitative estimate of drug-likeness (QED) is 0.418. The van der Waals surface area contributed by atoms with Crippen LogP contribution in [0.2, 0.25) is 0 Å². The molecule has 0 spiro atoms. The van der Waals surface area contributed by atoms with Gasteiger partial charge in [0.2, 0.25) is 0 Å². The molecule has 4 aromatic rings. The number of rotatable bonds is 6. The number of ether oxygens (including phenoxy) is 2. The van der Waals surface area contributed by atoms with E-state index in [-0.39, 0.29) is 16.7 Å². The second-order valence-electron chi connectivity index (χ2n) is 9.90. The molecule has 0 atom stereocenters. The number of fused-ring (bicyclic) bond motifs is 1. The molecule has 2 heterocycles. The van der Waals surface area contributed by atoms with Crippen LogP contribution in [0.25, 0.3) is 22.2 Å². The van der Waals surface area contributed by atoms with Crippen molar-refractivity contribution in [1.82, 2.24) is 13.7 Å². The van der Waals surface area contributed by atoms with E-state index in [4.69, 9.17) is 9.47 Å². The van der Waals surface area contributed by atoms with E-state index in [1.165, 1.54) is 21.7 Å². The van der Waals surface area contributed by atoms with E-state index < -0.39 is 0 Å². The minimum Gasteiger partial charge on any atom is -0.493 e. The van der Waals surface area contributed by atoms with Crippen molar-refractivity contribution >= 4 is 10.9 Å². The molecule has 0 N–H and O–H groups in total. The molecule has 0 unspecified atom stereocenters. The maximum absolute atomic E-state index is 13.3. The van der Waals surface area contributed by atoms with Crippen molar-refractivity contribution in [2.45, 2.75) is 39.2 Å². The Hall–Kier alpha value is -3.74. The smallest absolute Gasteiger partial charge is 0.330 e. The summed E-state index contributed by atoms with van der Waals surface area (Å²) in [5.74, 6) is 1.36. The average molecular weight is 476 g/mol. The van der Waals surface area contributed by atoms with Crippen LogP contribution in [0, 0.1) is 0 Å². The van der Waals surface area contributed by atoms with Gasteiger partial charge < -0.3 is 14.0 Å². The minimum atomic E-state index is -0.339. The fourth-order valence-electron chi connectivity index (χ4n) is 4.49. The lowest BCUT2D eigenvalue weighted by atomic mass is 9.86. The summed E-state index contributed by atoms with van der Waals surface area (Å²) in [4.78, 5) is 25.9. The van der Waals surface area contributed by atoms with Crippen molar-refractivity contribution in [3.8, 4) is 22.8 Å². The van der Waals surface area contributed by atoms with E-state index in [0.29, 0.717) is 35.4 Å². The Kier molecular flexibility index (Phi) is 6.36. The first-order chi connectivity index (χ1) is 16.6. The fourth-order valence-corrected chi connectivity index (χ4v) is 4.49. The first-order valence-corrected chi connectivity index (χ1v) is 11.7. The molecule has 7 heteroatoms. The molecule has 0 saturated heterocycles. The van der Waals surface area contributed by atoms with Crippen molar-refractivity contribution in [1.29, 1.82) is 0 Å². The SMILES string of the molecule is COc1ccc(CCn2cc3c(c2-c2ccc(C(C)(C)C)cc2)c(=O)n(C)c(=O)n3C)cc1OC. The van der Waals surface area contributed by atoms with Crippen LogP contribution in [0.5, 0.6) is 11.5 Å². The van der Waals surface area contributed by atoms with Gasteiger partial charge in [-0.3, -0.25) is 13.9 Å². The van der Waals surface area contributed by atoms with Crippen molar-refractivity contribution in [3.63, 3.8) is 0 Å². The zero-order valence-corrected chi connectivity index (χ0v) is 21.5. The van der Waals surface area contributed by atoms with Gasteiger partial charge in [-0.1, -0.05) is 51.1 Å². The molecular weight excluding hydrogens is 442 g/mol. The predicted molar refractivity (Wildman–Crippen MR) is 140 cm³/mol. The molecule has 184 valence electrons. The molecule has 0 fully saturated rings. The number of nitrogens with zero attached hydrogens (tertiary/aromatic N) is 3. The van der Waals surface area contributed by atoms with Crippen LogP contribution in [0.4, 0.5) is 0 Å². The molecule has 35 heavy (non-hydrogen) atoms. The topological polar surface area (TPSA) is 67.4 Å². The molecule has 4 rings (SSSR count). The monoisotopic (exact) mass is 475 g/mol. The zero-order valence-electron chi connectivity index (χ0n) is 21.5. The van der Waals surface area contributed by atoms with E-state index >= 15 is 0 Å². The number of aromatic nitrogens is 3. The van der Waals surface area contributed by atoms with Crippen LogP contribution in [0.3, 0.4) is 0 Å². The van der Waals surface area contributed by atoms with Crippen molar-refractivity contribution in [2.24, 2.45) is 14.1 Å². The highest BCUT2D eigenvalue weighted by atomic mass is 16.5. The van der Waals surface area contributed by atoms with Gasteiger partial charge in [0, 0.05) is 26.8 Å². The second-order valence-corrected chi connectivity index (χ2v) is 9.90. The number of aryl methyl sites for hydroxylation is 3. The van der Waals surface area contributed by atoms with Gasteiger partial charge >= 0.3 is 5.69 Å². The zero-order chi connectivity index (χ0) is 25.5. The van der Waals surface area contributed by atoms with Crippen LogP contribution in [-0.4, -0.2) is 27.9 Å². The normalized spacial score (nSPS) is 11.7. The van der Waals surface area contributed by atoms with E-state index in [1.807, 2.05) is 24.4 Å². The van der Waals surface area contributed by atoms with Gasteiger partial charge in [0.05, 0.1) is 30.8 Å². The third-order valence-electron chi connectivity index (χ3n) is 6.63. The summed E-state index contributed by atoms with van der Waals surface area (Å²) >= 11 is 0. The third kappa shape index (κ3) is 4.38. The molecule has 0 aliphatic rings. The number of methoxy groups -OCH3 is 2. The van der Waals surface area contributed by atoms with Crippen molar-refractivity contribution in [3.05, 3.63) is 80.6 Å². The van der Waals surface area contributed by atoms with E-state index in [0.717, 1.165) is 16.8 Å². The standard InChI is InChI=1S/C28H33N3O4/c1-28(2,3)20-11-9-19(10-12-20)25-24-21(29(4)27(33)30(5)26(24)32)17-31(25)15-14-18-8-13-22(34-6)23(16-18)35-7/h8-13,16-17H,14-15H2,1-7H3. The lowest BCUT2D eigenvalue weighted by Crippen LogP contribution is -2.36. The Morgan fingerprint density at radius 3 is 2.11 bits per heavy atom. The predicted octanol–water partition coefficient (Wildman–Crippen LogP) is 4.26. The molecule has 0 saturated carbocycles. The van der Waals surface area contributed by atoms with Gasteiger partial charge in [-0.25, -0.2) is 4.79 Å². The highest BCUT2D eigenvalue weighted by molar-refractivity contribution is 5.93. The molecule has 0 bridgehead atoms. The molecule has 0 aliphatic carbocycles. The molecule has 0 radical (unpaired) electrons. The first-order valence-electron chi connectivity index (χ1n) is 11.7. The number of hydrogen-bond donors (Lipinski definition) is 0. The Balaban J connectivity index is 1.86. The average Bonchev–Trinajstić information content (AvgIpc) is 3.24. The molecule has 0 amide bonds. The first kappa shape index (κ1) is 24.4. The van der Waals surface area contributed by atoms with Crippen LogP contribution >= 0.6 is 0 Å². The van der Waals surface area contributed by atoms with Crippen LogP contribution < -0.4 is 20.7 Å². The van der Waals surface area contributed by atoms with E-state index in [1.54, 1.807) is 21.3 Å². The van der Waals surface area contributed by atoms with Gasteiger partial charge in [-0.2, -0.15) is 0 Å². The third-order valence-corrected chi connectivity index (χ3v) is 6.63. The lowest BCUT2D eigenvalue weighted by molar-refractivity contribution is 0.354. The summed E-state index contributed by atoms with van der Waals surface area (Å²) in [7, 11) is 6.47. The Morgan fingerprint density at radius 1 is 0.857 bits per heavy atom. The minimum absolute atomic E-state index is 0.0239. The maximum Gasteiger partial charge on any atom is 0.330 e. The van der Waals surface area contributed by atoms with Gasteiger partial charge in [-0.15, -0.1) is 0 Å². The van der Waals surface area contributed by atoms with E-state index in [9.17, 15) is 9.59 Å². The maximum atomic E-state index is 13.3. The molecular formula is C28H33N3O4. The van der Waals surface area contributed by atoms with Gasteiger partial charge in [0.15, 0.2) is 11.5 Å². The molecule has 7 nitrogen and oxygen atoms in total. The largest absolute Gasteiger partial charge is 0.493 e. The van der Waals surface area contributed by atoms with Crippen molar-refractivity contribution < 1.29 is 9.47 Å². The highest BCUT2D eigenvalue weighted by Crippen LogP contribution is 2.32. The van der Waals surface area contributed by atoms with Gasteiger partial charge in [0.25, 0.3) is 5.56 Å². The summed E-state index contributed by atoms with van der Waals surface area (Å²) < 4.78 is 15.6. The van der Waals surface area contributed by atoms with Crippen molar-refractivity contribution in [2.75, 3.05) is 14.2 Å². The van der Waals surface area contributed by atoms with Crippen LogP contribution in [0.15, 0.2) is 58.3 Å². The Labute approximate surface area is 205 Å². The van der Waals surface area contributed by atoms with Gasteiger partial charge in [-0.05, 0) is 40.7 Å². The van der Waals surface area contributed by atoms with Crippen LogP contribution in [0.1, 0.15) is 31.9 Å². The fraction of sp³-hybridized carbons (Fsp3) is 0.357. The molecule has 0 aliphatic heterocycles. The summed E-state index contributed by atoms with van der Waals surface area (Å²) in [6, 6.07) is 14.2. The summed E-state index contributed by atoms with van der Waals surface area (Å²) in [5, 5.41) is 0.547. The molecule has 2 aromatic carbocycles. The number of hydrogen-bond acceptors (Lipinski definition) is 4.